The van der Waals surface area contributed by atoms with Gasteiger partial charge in [-0.25, -0.2) is 34.9 Å². The van der Waals surface area contributed by atoms with Gasteiger partial charge in [0.2, 0.25) is 47.6 Å². The van der Waals surface area contributed by atoms with E-state index in [0.717, 1.165) is 233 Å². The van der Waals surface area contributed by atoms with Crippen molar-refractivity contribution in [1.29, 1.82) is 0 Å². The standard InChI is InChI=1S/C27H32N8.C25H28N8.C23H26N8.C22H24N8/c1-33-15-17-34(18-16-33)22-13-11-21(12-14-22)29-26-28-19-24-25(32-26)35(23-9-5-6-10-23)27(31-24)30-20-7-3-2-4-8-20;1-31-13-15-32(16-14-31)20-9-7-19(8-10-20)27-24-26-17-22-23(30-24)33(21-11-12-21)25(29-22)28-18-5-3-2-4-6-18;1-29-12-14-31(15-13-29)19-10-8-18(9-11-19)25-22-24-16-20-21(28-22)30(2)23(27-20)26-17-6-4-3-5-7-17;1-29-11-13-30(14-12-29)18-9-7-17(8-10-18)24-21-23-15-19-20(27-21)28-22(26-19)25-16-5-3-2-4-6-16/h2-4,7-8,11-14,19,23H,5-6,9-10,15-18H2,1H3,(H,30,31)(H,28,29,32);2-10,17,21H,11-16H2,1H3,(H,28,29)(H,26,27,30);3-11,16H,12-15H2,1-2H3,(H,26,27)(H,24,25,28);2-10,15H,11-14H2,1H3,(H3,23,24,25,26,27,28). The number of fused-ring (bicyclic) bond motifs is 4. The number of para-hydroxylation sites is 4. The highest BCUT2D eigenvalue weighted by molar-refractivity contribution is 5.81. The fraction of sp³-hybridized carbons (Fsp3) is 0.299. The van der Waals surface area contributed by atoms with Crippen LogP contribution in [0.25, 0.3) is 44.7 Å². The molecule has 2 aliphatic carbocycles. The minimum absolute atomic E-state index is 0.400. The Hall–Kier alpha value is -14.6. The molecule has 8 aromatic carbocycles. The van der Waals surface area contributed by atoms with Crippen LogP contribution in [0.2, 0.25) is 0 Å². The van der Waals surface area contributed by atoms with Crippen molar-refractivity contribution >= 4 is 160 Å². The van der Waals surface area contributed by atoms with E-state index in [4.69, 9.17) is 19.9 Å². The van der Waals surface area contributed by atoms with Crippen molar-refractivity contribution in [2.75, 3.05) is 195 Å². The van der Waals surface area contributed by atoms with E-state index in [-0.39, 0.29) is 0 Å². The number of aryl methyl sites for hydroxylation is 1. The molecule has 0 amide bonds. The van der Waals surface area contributed by atoms with Crippen LogP contribution in [0.15, 0.2) is 243 Å². The maximum absolute atomic E-state index is 4.92. The highest BCUT2D eigenvalue weighted by Gasteiger charge is 2.31. The van der Waals surface area contributed by atoms with Crippen LogP contribution in [0.3, 0.4) is 0 Å². The molecule has 0 spiro atoms. The second-order valence-corrected chi connectivity index (χ2v) is 33.8. The second-order valence-electron chi connectivity index (χ2n) is 33.8. The second kappa shape index (κ2) is 39.1. The van der Waals surface area contributed by atoms with Crippen molar-refractivity contribution in [1.82, 2.24) is 98.1 Å². The Labute approximate surface area is 750 Å². The molecule has 32 nitrogen and oxygen atoms in total. The number of nitrogens with one attached hydrogen (secondary N) is 9. The molecule has 658 valence electrons. The number of piperazine rings is 4. The van der Waals surface area contributed by atoms with Crippen LogP contribution in [0.4, 0.5) is 116 Å². The number of hydrogen-bond donors (Lipinski definition) is 9. The first kappa shape index (κ1) is 83.9. The van der Waals surface area contributed by atoms with Gasteiger partial charge < -0.3 is 86.7 Å². The summed E-state index contributed by atoms with van der Waals surface area (Å²) in [5, 5.41) is 26.9. The third-order valence-corrected chi connectivity index (χ3v) is 24.4. The van der Waals surface area contributed by atoms with Gasteiger partial charge in [-0.15, -0.1) is 0 Å². The molecular weight excluding hydrogens is 1610 g/mol. The number of nitrogens with zero attached hydrogens (tertiary/aromatic N) is 23. The van der Waals surface area contributed by atoms with Crippen molar-refractivity contribution in [3.8, 4) is 0 Å². The maximum Gasteiger partial charge on any atom is 0.229 e. The molecule has 4 saturated heterocycles. The van der Waals surface area contributed by atoms with E-state index >= 15 is 0 Å². The molecule has 0 bridgehead atoms. The van der Waals surface area contributed by atoms with E-state index < -0.39 is 0 Å². The number of aromatic amines is 1. The quantitative estimate of drug-likeness (QED) is 0.0304. The van der Waals surface area contributed by atoms with Crippen molar-refractivity contribution < 1.29 is 0 Å². The van der Waals surface area contributed by atoms with E-state index in [0.29, 0.717) is 47.5 Å². The van der Waals surface area contributed by atoms with Gasteiger partial charge in [0.05, 0.1) is 24.8 Å². The topological polar surface area (TPSA) is 307 Å². The van der Waals surface area contributed by atoms with Crippen LogP contribution in [0.5, 0.6) is 0 Å². The lowest BCUT2D eigenvalue weighted by Gasteiger charge is -2.34. The number of anilines is 20. The lowest BCUT2D eigenvalue weighted by atomic mass is 10.2. The molecule has 32 heteroatoms. The SMILES string of the molecule is CN1CCN(c2ccc(Nc3ncc4[nH]c(Nc5ccccc5)nc4n3)cc2)CC1.CN1CCN(c2ccc(Nc3ncc4nc(Nc5ccccc5)n(C)c4n3)cc2)CC1.CN1CCN(c2ccc(Nc3ncc4nc(Nc5ccccc5)n(C5CC5)c4n3)cc2)CC1.CN1CCN(c2ccc(Nc3ncc4nc(Nc5ccccc5)n(C5CCCC5)c4n3)cc2)CC1. The third kappa shape index (κ3) is 20.9. The predicted octanol–water partition coefficient (Wildman–Crippen LogP) is 16.8. The van der Waals surface area contributed by atoms with Gasteiger partial charge in [0.25, 0.3) is 0 Å². The van der Waals surface area contributed by atoms with E-state index in [1.54, 1.807) is 18.6 Å². The number of H-pyrrole nitrogens is 1. The van der Waals surface area contributed by atoms with Crippen molar-refractivity contribution in [2.24, 2.45) is 7.05 Å². The van der Waals surface area contributed by atoms with Crippen LogP contribution in [-0.2, 0) is 7.05 Å². The Morgan fingerprint density at radius 2 is 0.550 bits per heavy atom. The summed E-state index contributed by atoms with van der Waals surface area (Å²) < 4.78 is 6.43. The monoisotopic (exact) mass is 1720 g/mol. The highest BCUT2D eigenvalue weighted by Crippen LogP contribution is 2.42. The number of benzene rings is 8. The fourth-order valence-corrected chi connectivity index (χ4v) is 16.8. The fourth-order valence-electron chi connectivity index (χ4n) is 16.8. The van der Waals surface area contributed by atoms with Gasteiger partial charge in [0.15, 0.2) is 22.6 Å². The lowest BCUT2D eigenvalue weighted by molar-refractivity contribution is 0.313. The molecule has 129 heavy (non-hydrogen) atoms. The lowest BCUT2D eigenvalue weighted by Crippen LogP contribution is -2.44. The minimum atomic E-state index is 0.400. The van der Waals surface area contributed by atoms with Gasteiger partial charge in [-0.05, 0) is 199 Å². The van der Waals surface area contributed by atoms with Crippen molar-refractivity contribution in [3.63, 3.8) is 0 Å². The Morgan fingerprint density at radius 1 is 0.264 bits per heavy atom. The molecule has 6 aliphatic rings. The van der Waals surface area contributed by atoms with Crippen LogP contribution in [-0.4, -0.2) is 231 Å². The highest BCUT2D eigenvalue weighted by atomic mass is 15.3. The van der Waals surface area contributed by atoms with E-state index in [1.807, 2.05) is 127 Å². The normalized spacial score (nSPS) is 15.9. The molecule has 6 fully saturated rings. The molecular formula is C97H110N32. The van der Waals surface area contributed by atoms with Crippen LogP contribution in [0.1, 0.15) is 50.6 Å². The summed E-state index contributed by atoms with van der Waals surface area (Å²) >= 11 is 0. The Balaban J connectivity index is 0.000000112. The van der Waals surface area contributed by atoms with Gasteiger partial charge in [0, 0.05) is 192 Å². The summed E-state index contributed by atoms with van der Waals surface area (Å²) in [6, 6.07) is 75.0. The summed E-state index contributed by atoms with van der Waals surface area (Å²) in [5.74, 6) is 5.27. The predicted molar refractivity (Wildman–Crippen MR) is 521 cm³/mol. The van der Waals surface area contributed by atoms with Crippen LogP contribution >= 0.6 is 0 Å². The smallest absolute Gasteiger partial charge is 0.229 e. The molecule has 22 rings (SSSR count). The number of rotatable bonds is 22. The molecule has 4 aliphatic heterocycles. The third-order valence-electron chi connectivity index (χ3n) is 24.4. The molecule has 0 radical (unpaired) electrons. The zero-order valence-electron chi connectivity index (χ0n) is 73.6. The van der Waals surface area contributed by atoms with E-state index in [9.17, 15) is 0 Å². The van der Waals surface area contributed by atoms with Gasteiger partial charge in [0.1, 0.15) is 22.1 Å². The Bertz CT molecular complexity index is 6330. The summed E-state index contributed by atoms with van der Waals surface area (Å²) in [6.07, 6.45) is 14.2. The van der Waals surface area contributed by atoms with Crippen LogP contribution < -0.4 is 62.1 Å². The molecule has 8 aromatic heterocycles. The number of imidazole rings is 4. The molecule has 2 saturated carbocycles. The number of hydrogen-bond acceptors (Lipinski definition) is 28. The van der Waals surface area contributed by atoms with E-state index in [1.165, 1.54) is 35.6 Å². The summed E-state index contributed by atoms with van der Waals surface area (Å²) in [5.41, 5.74) is 19.1. The Morgan fingerprint density at radius 3 is 0.899 bits per heavy atom. The molecule has 9 N–H and O–H groups in total. The average molecular weight is 1720 g/mol. The maximum atomic E-state index is 4.92. The summed E-state index contributed by atoms with van der Waals surface area (Å²) in [7, 11) is 10.6. The largest absolute Gasteiger partial charge is 0.369 e. The number of likely N-dealkylation sites (N-methyl/N-ethyl adjacent to an activating group) is 4. The minimum Gasteiger partial charge on any atom is -0.369 e. The molecule has 0 atom stereocenters. The number of aromatic nitrogens is 16. The average Bonchev–Trinajstić information content (AvgIpc) is 1.61. The zero-order valence-corrected chi connectivity index (χ0v) is 73.6. The van der Waals surface area contributed by atoms with Crippen molar-refractivity contribution in [3.05, 3.63) is 243 Å². The summed E-state index contributed by atoms with van der Waals surface area (Å²) in [6.45, 7) is 17.3. The van der Waals surface area contributed by atoms with Gasteiger partial charge in [-0.3, -0.25) is 13.7 Å². The first-order chi connectivity index (χ1) is 63.3. The first-order valence-corrected chi connectivity index (χ1v) is 44.8. The van der Waals surface area contributed by atoms with E-state index in [2.05, 4.69) is 273 Å². The zero-order chi connectivity index (χ0) is 87.4. The van der Waals surface area contributed by atoms with Crippen molar-refractivity contribution in [2.45, 2.75) is 50.6 Å². The molecule has 12 heterocycles. The first-order valence-electron chi connectivity index (χ1n) is 44.8. The van der Waals surface area contributed by atoms with Gasteiger partial charge in [-0.2, -0.15) is 24.9 Å². The Kier molecular flexibility index (Phi) is 25.4. The van der Waals surface area contributed by atoms with Gasteiger partial charge in [-0.1, -0.05) is 85.6 Å². The van der Waals surface area contributed by atoms with Crippen LogP contribution in [0, 0.1) is 0 Å². The van der Waals surface area contributed by atoms with Gasteiger partial charge >= 0.3 is 0 Å². The molecule has 16 aromatic rings. The summed E-state index contributed by atoms with van der Waals surface area (Å²) in [4.78, 5) is 78.0. The molecule has 0 unspecified atom stereocenters.